The zero-order valence-corrected chi connectivity index (χ0v) is 15.9. The van der Waals surface area contributed by atoms with Crippen LogP contribution in [0.3, 0.4) is 0 Å². The van der Waals surface area contributed by atoms with Gasteiger partial charge in [0, 0.05) is 23.6 Å². The van der Waals surface area contributed by atoms with Crippen LogP contribution in [0.2, 0.25) is 0 Å². The van der Waals surface area contributed by atoms with Crippen molar-refractivity contribution in [1.29, 1.82) is 0 Å². The summed E-state index contributed by atoms with van der Waals surface area (Å²) >= 11 is 1.27. The van der Waals surface area contributed by atoms with Crippen molar-refractivity contribution in [3.05, 3.63) is 64.3 Å². The topological polar surface area (TPSA) is 71.1 Å². The number of aryl methyl sites for hydroxylation is 2. The van der Waals surface area contributed by atoms with Crippen LogP contribution in [0.25, 0.3) is 11.3 Å². The van der Waals surface area contributed by atoms with Crippen LogP contribution >= 0.6 is 11.3 Å². The molecule has 0 saturated carbocycles. The number of halogens is 1. The van der Waals surface area contributed by atoms with Crippen molar-refractivity contribution < 1.29 is 14.0 Å². The molecule has 1 heterocycles. The van der Waals surface area contributed by atoms with Crippen molar-refractivity contribution in [1.82, 2.24) is 4.98 Å². The Balaban J connectivity index is 1.81. The van der Waals surface area contributed by atoms with E-state index in [0.717, 1.165) is 28.5 Å². The second-order valence-corrected chi connectivity index (χ2v) is 7.04. The first-order chi connectivity index (χ1) is 12.8. The molecule has 0 aliphatic carbocycles. The molecule has 2 N–H and O–H groups in total. The van der Waals surface area contributed by atoms with Crippen molar-refractivity contribution >= 4 is 34.0 Å². The van der Waals surface area contributed by atoms with Crippen LogP contribution in [0, 0.1) is 19.7 Å². The second-order valence-electron chi connectivity index (χ2n) is 6.19. The van der Waals surface area contributed by atoms with Gasteiger partial charge in [0.2, 0.25) is 5.91 Å². The maximum Gasteiger partial charge on any atom is 0.260 e. The van der Waals surface area contributed by atoms with Crippen molar-refractivity contribution in [2.75, 3.05) is 10.6 Å². The van der Waals surface area contributed by atoms with E-state index < -0.39 is 11.7 Å². The monoisotopic (exact) mass is 383 g/mol. The van der Waals surface area contributed by atoms with Gasteiger partial charge in [-0.3, -0.25) is 14.9 Å². The summed E-state index contributed by atoms with van der Waals surface area (Å²) in [4.78, 5) is 28.0. The summed E-state index contributed by atoms with van der Waals surface area (Å²) in [6.45, 7) is 5.36. The van der Waals surface area contributed by atoms with Gasteiger partial charge in [-0.15, -0.1) is 11.3 Å². The summed E-state index contributed by atoms with van der Waals surface area (Å²) in [7, 11) is 0. The molecule has 3 rings (SSSR count). The summed E-state index contributed by atoms with van der Waals surface area (Å²) in [6, 6.07) is 9.89. The van der Waals surface area contributed by atoms with Gasteiger partial charge in [-0.1, -0.05) is 23.8 Å². The Hall–Kier alpha value is -3.06. The highest BCUT2D eigenvalue weighted by molar-refractivity contribution is 7.14. The van der Waals surface area contributed by atoms with E-state index >= 15 is 0 Å². The lowest BCUT2D eigenvalue weighted by Crippen LogP contribution is -2.15. The largest absolute Gasteiger partial charge is 0.326 e. The minimum absolute atomic E-state index is 0.162. The highest BCUT2D eigenvalue weighted by Crippen LogP contribution is 2.28. The van der Waals surface area contributed by atoms with Gasteiger partial charge in [-0.2, -0.15) is 0 Å². The number of carbonyl (C=O) groups is 2. The number of amides is 2. The average molecular weight is 383 g/mol. The van der Waals surface area contributed by atoms with Crippen LogP contribution in [0.1, 0.15) is 28.4 Å². The summed E-state index contributed by atoms with van der Waals surface area (Å²) in [5.74, 6) is -1.60. The number of thiazole rings is 1. The van der Waals surface area contributed by atoms with E-state index in [1.165, 1.54) is 30.4 Å². The number of aromatic nitrogens is 1. The quantitative estimate of drug-likeness (QED) is 0.681. The third kappa shape index (κ3) is 4.38. The maximum absolute atomic E-state index is 14.0. The van der Waals surface area contributed by atoms with Crippen LogP contribution in [0.15, 0.2) is 41.8 Å². The van der Waals surface area contributed by atoms with Crippen molar-refractivity contribution in [2.24, 2.45) is 0 Å². The van der Waals surface area contributed by atoms with Crippen molar-refractivity contribution in [3.8, 4) is 11.3 Å². The first-order valence-electron chi connectivity index (χ1n) is 8.25. The Morgan fingerprint density at radius 1 is 1.07 bits per heavy atom. The molecule has 0 saturated heterocycles. The molecule has 0 aliphatic rings. The molecule has 0 spiro atoms. The molecular formula is C20H18FN3O2S. The van der Waals surface area contributed by atoms with Gasteiger partial charge in [0.15, 0.2) is 5.13 Å². The van der Waals surface area contributed by atoms with Crippen LogP contribution in [-0.4, -0.2) is 16.8 Å². The Bertz CT molecular complexity index is 1030. The van der Waals surface area contributed by atoms with Gasteiger partial charge in [-0.05, 0) is 37.6 Å². The van der Waals surface area contributed by atoms with E-state index in [2.05, 4.69) is 21.7 Å². The van der Waals surface area contributed by atoms with Gasteiger partial charge < -0.3 is 5.32 Å². The number of nitrogens with zero attached hydrogens (tertiary/aromatic N) is 1. The molecule has 5 nitrogen and oxygen atoms in total. The zero-order chi connectivity index (χ0) is 19.6. The molecule has 2 aromatic carbocycles. The van der Waals surface area contributed by atoms with Gasteiger partial charge in [-0.25, -0.2) is 9.37 Å². The fourth-order valence-electron chi connectivity index (χ4n) is 2.70. The SMILES string of the molecule is CC(=O)Nc1ccc(F)c(C(=O)Nc2nc(-c3ccc(C)cc3C)cs2)c1. The minimum atomic E-state index is -0.673. The summed E-state index contributed by atoms with van der Waals surface area (Å²) in [6.07, 6.45) is 0. The Kier molecular flexibility index (Phi) is 5.32. The molecule has 0 bridgehead atoms. The first kappa shape index (κ1) is 18.7. The van der Waals surface area contributed by atoms with E-state index in [-0.39, 0.29) is 11.5 Å². The molecule has 0 aliphatic heterocycles. The molecule has 0 radical (unpaired) electrons. The Morgan fingerprint density at radius 3 is 2.56 bits per heavy atom. The van der Waals surface area contributed by atoms with Crippen LogP contribution in [-0.2, 0) is 4.79 Å². The standard InChI is InChI=1S/C20H18FN3O2S/c1-11-4-6-15(12(2)8-11)18-10-27-20(23-18)24-19(26)16-9-14(22-13(3)25)5-7-17(16)21/h4-10H,1-3H3,(H,22,25)(H,23,24,26). The van der Waals surface area contributed by atoms with Crippen molar-refractivity contribution in [3.63, 3.8) is 0 Å². The third-order valence-corrected chi connectivity index (χ3v) is 4.67. The smallest absolute Gasteiger partial charge is 0.260 e. The fourth-order valence-corrected chi connectivity index (χ4v) is 3.41. The number of hydrogen-bond acceptors (Lipinski definition) is 4. The van der Waals surface area contributed by atoms with E-state index in [9.17, 15) is 14.0 Å². The van der Waals surface area contributed by atoms with Gasteiger partial charge >= 0.3 is 0 Å². The molecule has 138 valence electrons. The lowest BCUT2D eigenvalue weighted by molar-refractivity contribution is -0.114. The molecule has 7 heteroatoms. The molecule has 1 aromatic heterocycles. The summed E-state index contributed by atoms with van der Waals surface area (Å²) in [5, 5.41) is 7.36. The molecule has 3 aromatic rings. The highest BCUT2D eigenvalue weighted by atomic mass is 32.1. The van der Waals surface area contributed by atoms with Crippen LogP contribution in [0.4, 0.5) is 15.2 Å². The molecule has 0 unspecified atom stereocenters. The number of rotatable bonds is 4. The predicted octanol–water partition coefficient (Wildman–Crippen LogP) is 4.78. The number of carbonyl (C=O) groups excluding carboxylic acids is 2. The van der Waals surface area contributed by atoms with Crippen LogP contribution < -0.4 is 10.6 Å². The number of nitrogens with one attached hydrogen (secondary N) is 2. The Morgan fingerprint density at radius 2 is 1.85 bits per heavy atom. The fraction of sp³-hybridized carbons (Fsp3) is 0.150. The van der Waals surface area contributed by atoms with E-state index in [0.29, 0.717) is 10.8 Å². The van der Waals surface area contributed by atoms with Crippen molar-refractivity contribution in [2.45, 2.75) is 20.8 Å². The number of hydrogen-bond donors (Lipinski definition) is 2. The normalized spacial score (nSPS) is 10.5. The molecule has 27 heavy (non-hydrogen) atoms. The van der Waals surface area contributed by atoms with Gasteiger partial charge in [0.25, 0.3) is 5.91 Å². The van der Waals surface area contributed by atoms with E-state index in [4.69, 9.17) is 0 Å². The first-order valence-corrected chi connectivity index (χ1v) is 9.13. The maximum atomic E-state index is 14.0. The molecule has 0 fully saturated rings. The van der Waals surface area contributed by atoms with E-state index in [1.807, 2.05) is 31.4 Å². The lowest BCUT2D eigenvalue weighted by Gasteiger charge is -2.07. The predicted molar refractivity (Wildman–Crippen MR) is 106 cm³/mol. The number of anilines is 2. The average Bonchev–Trinajstić information content (AvgIpc) is 3.04. The summed E-state index contributed by atoms with van der Waals surface area (Å²) in [5.41, 5.74) is 4.17. The third-order valence-electron chi connectivity index (χ3n) is 3.91. The Labute approximate surface area is 160 Å². The van der Waals surface area contributed by atoms with Crippen LogP contribution in [0.5, 0.6) is 0 Å². The molecule has 0 atom stereocenters. The molecular weight excluding hydrogens is 365 g/mol. The van der Waals surface area contributed by atoms with Gasteiger partial charge in [0.1, 0.15) is 5.82 Å². The van der Waals surface area contributed by atoms with E-state index in [1.54, 1.807) is 0 Å². The second kappa shape index (κ2) is 7.67. The summed E-state index contributed by atoms with van der Waals surface area (Å²) < 4.78 is 14.0. The lowest BCUT2D eigenvalue weighted by atomic mass is 10.0. The minimum Gasteiger partial charge on any atom is -0.326 e. The number of benzene rings is 2. The highest BCUT2D eigenvalue weighted by Gasteiger charge is 2.15. The van der Waals surface area contributed by atoms with Gasteiger partial charge in [0.05, 0.1) is 11.3 Å². The molecule has 2 amide bonds. The zero-order valence-electron chi connectivity index (χ0n) is 15.1.